The van der Waals surface area contributed by atoms with Crippen LogP contribution in [0.25, 0.3) is 0 Å². The minimum absolute atomic E-state index is 0.0299. The zero-order chi connectivity index (χ0) is 13.7. The van der Waals surface area contributed by atoms with Crippen molar-refractivity contribution in [2.75, 3.05) is 0 Å². The molecule has 2 N–H and O–H groups in total. The van der Waals surface area contributed by atoms with E-state index in [2.05, 4.69) is 61.0 Å². The fourth-order valence-corrected chi connectivity index (χ4v) is 5.98. The fourth-order valence-electron chi connectivity index (χ4n) is 2.49. The van der Waals surface area contributed by atoms with Crippen LogP contribution in [0.15, 0.2) is 60.7 Å². The third-order valence-electron chi connectivity index (χ3n) is 3.83. The third-order valence-corrected chi connectivity index (χ3v) is 8.58. The van der Waals surface area contributed by atoms with E-state index in [-0.39, 0.29) is 5.67 Å². The molecular formula is C17H19NSi. The Balaban J connectivity index is 2.54. The molecule has 2 aromatic rings. The molecule has 0 amide bonds. The Labute approximate surface area is 116 Å². The van der Waals surface area contributed by atoms with Crippen molar-refractivity contribution < 1.29 is 0 Å². The van der Waals surface area contributed by atoms with Crippen LogP contribution < -0.4 is 16.1 Å². The Morgan fingerprint density at radius 3 is 1.79 bits per heavy atom. The molecule has 0 aliphatic heterocycles. The maximum atomic E-state index is 6.45. The third kappa shape index (κ3) is 2.63. The van der Waals surface area contributed by atoms with Crippen molar-refractivity contribution in [3.8, 4) is 12.3 Å². The Morgan fingerprint density at radius 1 is 1.00 bits per heavy atom. The molecule has 2 heteroatoms. The summed E-state index contributed by atoms with van der Waals surface area (Å²) in [5, 5.41) is 2.67. The maximum Gasteiger partial charge on any atom is 0.132 e. The van der Waals surface area contributed by atoms with E-state index >= 15 is 0 Å². The van der Waals surface area contributed by atoms with E-state index in [1.165, 1.54) is 10.4 Å². The zero-order valence-electron chi connectivity index (χ0n) is 11.2. The van der Waals surface area contributed by atoms with Gasteiger partial charge in [0.15, 0.2) is 0 Å². The Kier molecular flexibility index (Phi) is 4.21. The summed E-state index contributed by atoms with van der Waals surface area (Å²) in [7, 11) is -1.99. The summed E-state index contributed by atoms with van der Waals surface area (Å²) in [4.78, 5) is 0. The molecule has 0 spiro atoms. The van der Waals surface area contributed by atoms with E-state index < -0.39 is 8.07 Å². The summed E-state index contributed by atoms with van der Waals surface area (Å²) in [6, 6.07) is 21.1. The van der Waals surface area contributed by atoms with Gasteiger partial charge in [-0.1, -0.05) is 77.6 Å². The first-order chi connectivity index (χ1) is 9.19. The second kappa shape index (κ2) is 5.88. The lowest BCUT2D eigenvalue weighted by atomic mass is 10.4. The second-order valence-electron chi connectivity index (χ2n) is 4.95. The average molecular weight is 265 g/mol. The quantitative estimate of drug-likeness (QED) is 0.662. The van der Waals surface area contributed by atoms with Gasteiger partial charge in [-0.05, 0) is 0 Å². The average Bonchev–Trinajstić information content (AvgIpc) is 2.48. The molecule has 19 heavy (non-hydrogen) atoms. The molecule has 1 unspecified atom stereocenters. The van der Waals surface area contributed by atoms with Crippen molar-refractivity contribution in [3.63, 3.8) is 0 Å². The molecule has 0 aromatic heterocycles. The van der Waals surface area contributed by atoms with E-state index in [9.17, 15) is 0 Å². The summed E-state index contributed by atoms with van der Waals surface area (Å²) in [6.45, 7) is 2.31. The van der Waals surface area contributed by atoms with Gasteiger partial charge in [-0.15, -0.1) is 12.3 Å². The number of terminal acetylenes is 1. The van der Waals surface area contributed by atoms with Gasteiger partial charge >= 0.3 is 0 Å². The van der Waals surface area contributed by atoms with Gasteiger partial charge in [0, 0.05) is 12.1 Å². The maximum absolute atomic E-state index is 6.45. The van der Waals surface area contributed by atoms with Crippen molar-refractivity contribution in [1.29, 1.82) is 0 Å². The summed E-state index contributed by atoms with van der Waals surface area (Å²) in [6.07, 6.45) is 6.09. The first-order valence-electron chi connectivity index (χ1n) is 6.49. The predicted molar refractivity (Wildman–Crippen MR) is 85.2 cm³/mol. The normalized spacial score (nSPS) is 12.7. The van der Waals surface area contributed by atoms with Crippen molar-refractivity contribution in [3.05, 3.63) is 60.7 Å². The highest BCUT2D eigenvalue weighted by atomic mass is 28.3. The summed E-state index contributed by atoms with van der Waals surface area (Å²) < 4.78 is 0. The molecule has 2 aromatic carbocycles. The first-order valence-corrected chi connectivity index (χ1v) is 9.07. The number of hydrogen-bond acceptors (Lipinski definition) is 1. The van der Waals surface area contributed by atoms with Crippen LogP contribution in [0, 0.1) is 12.3 Å². The van der Waals surface area contributed by atoms with Crippen LogP contribution >= 0.6 is 0 Å². The highest BCUT2D eigenvalue weighted by Gasteiger charge is 2.37. The van der Waals surface area contributed by atoms with E-state index in [0.717, 1.165) is 0 Å². The topological polar surface area (TPSA) is 26.0 Å². The molecule has 1 atom stereocenters. The largest absolute Gasteiger partial charge is 0.329 e. The summed E-state index contributed by atoms with van der Waals surface area (Å²) in [5.74, 6) is 2.72. The van der Waals surface area contributed by atoms with Crippen LogP contribution in [0.3, 0.4) is 0 Å². The van der Waals surface area contributed by atoms with Gasteiger partial charge in [-0.3, -0.25) is 0 Å². The van der Waals surface area contributed by atoms with Crippen LogP contribution in [0.4, 0.5) is 0 Å². The molecule has 0 aliphatic carbocycles. The van der Waals surface area contributed by atoms with Gasteiger partial charge in [0.25, 0.3) is 0 Å². The van der Waals surface area contributed by atoms with E-state index in [1.807, 2.05) is 12.1 Å². The molecule has 0 heterocycles. The summed E-state index contributed by atoms with van der Waals surface area (Å²) in [5.41, 5.74) is 6.48. The van der Waals surface area contributed by atoms with E-state index in [1.54, 1.807) is 0 Å². The van der Waals surface area contributed by atoms with Gasteiger partial charge in [-0.25, -0.2) is 0 Å². The standard InChI is InChI=1S/C17H19NSi/c1-3-10-17(18)19(2,15-11-6-4-7-12-15)16-13-8-5-9-14-16/h1,4-9,11-14,17H,10,18H2,2H3. The number of nitrogens with two attached hydrogens (primary N) is 1. The molecule has 2 rings (SSSR count). The van der Waals surface area contributed by atoms with Crippen molar-refractivity contribution in [2.45, 2.75) is 18.6 Å². The molecule has 0 aliphatic rings. The van der Waals surface area contributed by atoms with Crippen LogP contribution in [0.1, 0.15) is 6.42 Å². The Bertz CT molecular complexity index is 517. The highest BCUT2D eigenvalue weighted by Crippen LogP contribution is 2.11. The van der Waals surface area contributed by atoms with Crippen LogP contribution in [-0.4, -0.2) is 13.7 Å². The molecule has 0 fully saturated rings. The highest BCUT2D eigenvalue weighted by molar-refractivity contribution is 7.02. The van der Waals surface area contributed by atoms with Gasteiger partial charge in [-0.2, -0.15) is 0 Å². The lowest BCUT2D eigenvalue weighted by Crippen LogP contribution is -2.67. The molecule has 1 nitrogen and oxygen atoms in total. The fraction of sp³-hybridized carbons (Fsp3) is 0.176. The van der Waals surface area contributed by atoms with E-state index in [0.29, 0.717) is 6.42 Å². The number of benzene rings is 2. The molecule has 0 radical (unpaired) electrons. The second-order valence-corrected chi connectivity index (χ2v) is 9.25. The Morgan fingerprint density at radius 2 is 1.42 bits per heavy atom. The van der Waals surface area contributed by atoms with Crippen molar-refractivity contribution >= 4 is 18.4 Å². The number of hydrogen-bond donors (Lipinski definition) is 1. The van der Waals surface area contributed by atoms with Gasteiger partial charge in [0.1, 0.15) is 8.07 Å². The predicted octanol–water partition coefficient (Wildman–Crippen LogP) is 1.77. The van der Waals surface area contributed by atoms with Crippen molar-refractivity contribution in [2.24, 2.45) is 5.73 Å². The minimum atomic E-state index is -1.99. The van der Waals surface area contributed by atoms with Gasteiger partial charge in [0.2, 0.25) is 0 Å². The number of rotatable bonds is 4. The smallest absolute Gasteiger partial charge is 0.132 e. The Hall–Kier alpha value is -1.82. The monoisotopic (exact) mass is 265 g/mol. The van der Waals surface area contributed by atoms with Crippen LogP contribution in [-0.2, 0) is 0 Å². The first kappa shape index (κ1) is 13.6. The molecule has 0 saturated heterocycles. The minimum Gasteiger partial charge on any atom is -0.329 e. The molecule has 0 bridgehead atoms. The van der Waals surface area contributed by atoms with E-state index in [4.69, 9.17) is 12.2 Å². The van der Waals surface area contributed by atoms with Crippen molar-refractivity contribution in [1.82, 2.24) is 0 Å². The lowest BCUT2D eigenvalue weighted by Gasteiger charge is -2.33. The SMILES string of the molecule is C#CCC(N)[Si](C)(c1ccccc1)c1ccccc1. The lowest BCUT2D eigenvalue weighted by molar-refractivity contribution is 0.907. The van der Waals surface area contributed by atoms with Crippen LogP contribution in [0.2, 0.25) is 6.55 Å². The van der Waals surface area contributed by atoms with Gasteiger partial charge in [0.05, 0.1) is 0 Å². The zero-order valence-corrected chi connectivity index (χ0v) is 12.2. The molecule has 0 saturated carbocycles. The molecular weight excluding hydrogens is 246 g/mol. The summed E-state index contributed by atoms with van der Waals surface area (Å²) >= 11 is 0. The molecule has 96 valence electrons. The van der Waals surface area contributed by atoms with Crippen LogP contribution in [0.5, 0.6) is 0 Å². The van der Waals surface area contributed by atoms with Gasteiger partial charge < -0.3 is 5.73 Å².